The zero-order chi connectivity index (χ0) is 16.9. The van der Waals surface area contributed by atoms with Crippen LogP contribution in [0.15, 0.2) is 36.4 Å². The molecular weight excluding hydrogens is 322 g/mol. The highest BCUT2D eigenvalue weighted by molar-refractivity contribution is 6.35. The van der Waals surface area contributed by atoms with E-state index in [1.165, 1.54) is 13.0 Å². The van der Waals surface area contributed by atoms with Crippen molar-refractivity contribution in [2.75, 3.05) is 26.2 Å². The maximum Gasteiger partial charge on any atom is 0.127 e. The van der Waals surface area contributed by atoms with Crippen LogP contribution in [0.2, 0.25) is 5.02 Å². The summed E-state index contributed by atoms with van der Waals surface area (Å²) in [5.74, 6) is 0.927. The molecule has 0 amide bonds. The van der Waals surface area contributed by atoms with Crippen molar-refractivity contribution in [3.05, 3.63) is 41.4 Å². The highest BCUT2D eigenvalue weighted by Gasteiger charge is 2.24. The van der Waals surface area contributed by atoms with Crippen LogP contribution in [-0.2, 0) is 4.74 Å². The Labute approximate surface area is 149 Å². The van der Waals surface area contributed by atoms with Gasteiger partial charge in [0.15, 0.2) is 0 Å². The number of morpholine rings is 1. The molecule has 3 rings (SSSR count). The molecule has 1 aliphatic rings. The van der Waals surface area contributed by atoms with E-state index in [0.717, 1.165) is 47.7 Å². The van der Waals surface area contributed by atoms with Crippen LogP contribution >= 0.6 is 11.6 Å². The molecule has 1 N–H and O–H groups in total. The lowest BCUT2D eigenvalue weighted by Crippen LogP contribution is -3.15. The number of unbranched alkanes of at least 4 members (excludes halogenated alkanes) is 1. The molecule has 3 atom stereocenters. The minimum absolute atomic E-state index is 0.375. The molecule has 1 heterocycles. The monoisotopic (exact) mass is 348 g/mol. The van der Waals surface area contributed by atoms with Crippen LogP contribution < -0.4 is 9.64 Å². The second kappa shape index (κ2) is 8.19. The topological polar surface area (TPSA) is 22.9 Å². The van der Waals surface area contributed by atoms with E-state index in [1.807, 2.05) is 30.3 Å². The maximum absolute atomic E-state index is 6.25. The molecule has 2 aromatic rings. The van der Waals surface area contributed by atoms with Crippen LogP contribution in [0.3, 0.4) is 0 Å². The van der Waals surface area contributed by atoms with Gasteiger partial charge in [0.05, 0.1) is 13.2 Å². The minimum Gasteiger partial charge on any atom is -0.493 e. The Morgan fingerprint density at radius 2 is 1.75 bits per heavy atom. The van der Waals surface area contributed by atoms with E-state index in [-0.39, 0.29) is 0 Å². The average Bonchev–Trinajstić information content (AvgIpc) is 2.56. The molecule has 0 spiro atoms. The zero-order valence-electron chi connectivity index (χ0n) is 14.6. The predicted octanol–water partition coefficient (Wildman–Crippen LogP) is 3.34. The van der Waals surface area contributed by atoms with Gasteiger partial charge in [0, 0.05) is 15.8 Å². The lowest BCUT2D eigenvalue weighted by Gasteiger charge is -2.32. The van der Waals surface area contributed by atoms with Crippen LogP contribution in [0.4, 0.5) is 0 Å². The number of hydrogen-bond acceptors (Lipinski definition) is 2. The molecule has 1 aliphatic heterocycles. The third kappa shape index (κ3) is 4.41. The molecular formula is C20H27ClNO2+. The fourth-order valence-corrected chi connectivity index (χ4v) is 3.84. The van der Waals surface area contributed by atoms with Gasteiger partial charge in [-0.25, -0.2) is 0 Å². The highest BCUT2D eigenvalue weighted by atomic mass is 35.5. The SMILES string of the molecule is C[C@@H]1C[NH+](CCCCOc2ccc(Cl)c3ccccc23)C[C@H](C)O1. The summed E-state index contributed by atoms with van der Waals surface area (Å²) < 4.78 is 11.8. The number of quaternary nitrogens is 1. The van der Waals surface area contributed by atoms with Crippen molar-refractivity contribution >= 4 is 22.4 Å². The van der Waals surface area contributed by atoms with Crippen LogP contribution in [-0.4, -0.2) is 38.4 Å². The van der Waals surface area contributed by atoms with Crippen molar-refractivity contribution in [1.29, 1.82) is 0 Å². The molecule has 2 aromatic carbocycles. The maximum atomic E-state index is 6.25. The molecule has 0 saturated carbocycles. The first-order valence-electron chi connectivity index (χ1n) is 8.92. The summed E-state index contributed by atoms with van der Waals surface area (Å²) in [4.78, 5) is 1.65. The minimum atomic E-state index is 0.375. The second-order valence-corrected chi connectivity index (χ2v) is 7.22. The summed E-state index contributed by atoms with van der Waals surface area (Å²) in [6.07, 6.45) is 3.01. The Morgan fingerprint density at radius 3 is 2.50 bits per heavy atom. The fraction of sp³-hybridized carbons (Fsp3) is 0.500. The smallest absolute Gasteiger partial charge is 0.127 e. The standard InChI is InChI=1S/C20H26ClNO2/c1-15-13-22(14-16(2)24-15)11-5-6-12-23-20-10-9-19(21)17-7-3-4-8-18(17)20/h3-4,7-10,15-16H,5-6,11-14H2,1-2H3/p+1/t15-,16+. The number of benzene rings is 2. The molecule has 1 saturated heterocycles. The van der Waals surface area contributed by atoms with Gasteiger partial charge >= 0.3 is 0 Å². The van der Waals surface area contributed by atoms with Crippen LogP contribution in [0.5, 0.6) is 5.75 Å². The van der Waals surface area contributed by atoms with E-state index < -0.39 is 0 Å². The van der Waals surface area contributed by atoms with Crippen LogP contribution in [0, 0.1) is 0 Å². The molecule has 130 valence electrons. The second-order valence-electron chi connectivity index (χ2n) is 6.81. The van der Waals surface area contributed by atoms with Gasteiger partial charge in [0.1, 0.15) is 31.0 Å². The van der Waals surface area contributed by atoms with Crippen LogP contribution in [0.1, 0.15) is 26.7 Å². The molecule has 4 heteroatoms. The molecule has 0 aliphatic carbocycles. The van der Waals surface area contributed by atoms with Crippen molar-refractivity contribution in [3.63, 3.8) is 0 Å². The highest BCUT2D eigenvalue weighted by Crippen LogP contribution is 2.31. The van der Waals surface area contributed by atoms with Crippen molar-refractivity contribution in [3.8, 4) is 5.75 Å². The normalized spacial score (nSPS) is 24.2. The summed E-state index contributed by atoms with van der Waals surface area (Å²) in [6.45, 7) is 8.53. The summed E-state index contributed by atoms with van der Waals surface area (Å²) in [5.41, 5.74) is 0. The van der Waals surface area contributed by atoms with E-state index >= 15 is 0 Å². The lowest BCUT2D eigenvalue weighted by atomic mass is 10.1. The largest absolute Gasteiger partial charge is 0.493 e. The molecule has 1 fully saturated rings. The number of halogens is 1. The van der Waals surface area contributed by atoms with Gasteiger partial charge in [-0.2, -0.15) is 0 Å². The van der Waals surface area contributed by atoms with E-state index in [0.29, 0.717) is 12.2 Å². The number of nitrogens with one attached hydrogen (secondary N) is 1. The van der Waals surface area contributed by atoms with Gasteiger partial charge in [-0.15, -0.1) is 0 Å². The first-order chi connectivity index (χ1) is 11.6. The number of rotatable bonds is 6. The van der Waals surface area contributed by atoms with E-state index in [1.54, 1.807) is 4.90 Å². The number of ether oxygens (including phenoxy) is 2. The molecule has 1 unspecified atom stereocenters. The summed E-state index contributed by atoms with van der Waals surface area (Å²) in [6, 6.07) is 12.0. The van der Waals surface area contributed by atoms with E-state index in [4.69, 9.17) is 21.1 Å². The van der Waals surface area contributed by atoms with Gasteiger partial charge < -0.3 is 14.4 Å². The zero-order valence-corrected chi connectivity index (χ0v) is 15.3. The first kappa shape index (κ1) is 17.5. The molecule has 24 heavy (non-hydrogen) atoms. The number of fused-ring (bicyclic) bond motifs is 1. The van der Waals surface area contributed by atoms with Crippen molar-refractivity contribution in [2.24, 2.45) is 0 Å². The lowest BCUT2D eigenvalue weighted by molar-refractivity contribution is -0.915. The molecule has 0 radical (unpaired) electrons. The van der Waals surface area contributed by atoms with Crippen molar-refractivity contribution < 1.29 is 14.4 Å². The third-order valence-electron chi connectivity index (χ3n) is 4.63. The Kier molecular flexibility index (Phi) is 5.99. The van der Waals surface area contributed by atoms with Gasteiger partial charge in [-0.3, -0.25) is 0 Å². The average molecular weight is 349 g/mol. The quantitative estimate of drug-likeness (QED) is 0.809. The summed E-state index contributed by atoms with van der Waals surface area (Å²) >= 11 is 6.25. The van der Waals surface area contributed by atoms with Crippen molar-refractivity contribution in [2.45, 2.75) is 38.9 Å². The summed E-state index contributed by atoms with van der Waals surface area (Å²) in [5, 5.41) is 2.92. The van der Waals surface area contributed by atoms with Gasteiger partial charge in [-0.1, -0.05) is 35.9 Å². The van der Waals surface area contributed by atoms with E-state index in [9.17, 15) is 0 Å². The van der Waals surface area contributed by atoms with Gasteiger partial charge in [-0.05, 0) is 38.8 Å². The van der Waals surface area contributed by atoms with Gasteiger partial charge in [0.25, 0.3) is 0 Å². The Hall–Kier alpha value is -1.29. The van der Waals surface area contributed by atoms with E-state index in [2.05, 4.69) is 19.9 Å². The Balaban J connectivity index is 1.46. The predicted molar refractivity (Wildman–Crippen MR) is 99.3 cm³/mol. The molecule has 0 bridgehead atoms. The Morgan fingerprint density at radius 1 is 1.04 bits per heavy atom. The molecule has 0 aromatic heterocycles. The van der Waals surface area contributed by atoms with Crippen LogP contribution in [0.25, 0.3) is 10.8 Å². The Bertz CT molecular complexity index is 666. The fourth-order valence-electron chi connectivity index (χ4n) is 3.61. The van der Waals surface area contributed by atoms with Crippen molar-refractivity contribution in [1.82, 2.24) is 0 Å². The van der Waals surface area contributed by atoms with Gasteiger partial charge in [0.2, 0.25) is 0 Å². The first-order valence-corrected chi connectivity index (χ1v) is 9.30. The summed E-state index contributed by atoms with van der Waals surface area (Å²) in [7, 11) is 0. The third-order valence-corrected chi connectivity index (χ3v) is 4.96. The number of hydrogen-bond donors (Lipinski definition) is 1. The molecule has 3 nitrogen and oxygen atoms in total.